The van der Waals surface area contributed by atoms with Crippen molar-refractivity contribution >= 4 is 17.7 Å². The number of nitrogens with zero attached hydrogens (tertiary/aromatic N) is 5. The van der Waals surface area contributed by atoms with E-state index in [1.807, 2.05) is 19.1 Å². The zero-order valence-corrected chi connectivity index (χ0v) is 14.1. The van der Waals surface area contributed by atoms with E-state index in [4.69, 9.17) is 0 Å². The highest BCUT2D eigenvalue weighted by Crippen LogP contribution is 2.30. The van der Waals surface area contributed by atoms with Crippen molar-refractivity contribution in [1.82, 2.24) is 25.1 Å². The predicted molar refractivity (Wildman–Crippen MR) is 89.9 cm³/mol. The molecule has 9 heteroatoms. The number of carbonyl (C=O) groups excluding carboxylic acids is 1. The minimum Gasteiger partial charge on any atom is -0.481 e. The molecule has 2 heterocycles. The van der Waals surface area contributed by atoms with Gasteiger partial charge in [-0.1, -0.05) is 12.1 Å². The lowest BCUT2D eigenvalue weighted by Crippen LogP contribution is -2.37. The van der Waals surface area contributed by atoms with Crippen molar-refractivity contribution < 1.29 is 14.7 Å². The van der Waals surface area contributed by atoms with Crippen LogP contribution in [0.25, 0.3) is 11.4 Å². The van der Waals surface area contributed by atoms with E-state index in [2.05, 4.69) is 20.8 Å². The lowest BCUT2D eigenvalue weighted by molar-refractivity contribution is -0.146. The molecule has 9 nitrogen and oxygen atoms in total. The van der Waals surface area contributed by atoms with Gasteiger partial charge < -0.3 is 15.3 Å². The third-order valence-corrected chi connectivity index (χ3v) is 4.48. The number of aliphatic carboxylic acids is 1. The van der Waals surface area contributed by atoms with Gasteiger partial charge in [-0.3, -0.25) is 4.79 Å². The molecule has 0 spiro atoms. The zero-order chi connectivity index (χ0) is 18.0. The van der Waals surface area contributed by atoms with Crippen LogP contribution in [0.3, 0.4) is 0 Å². The number of benzene rings is 1. The standard InChI is InChI=1S/C16H20N6O3/c1-3-22-13(18-19-20-22)11-5-4-6-12(9-11)17-15(25)21-8-7-16(2,10-21)14(23)24/h4-6,9H,3,7-8,10H2,1-2H3,(H,17,25)(H,23,24). The molecule has 1 atom stereocenters. The van der Waals surface area contributed by atoms with E-state index in [1.165, 1.54) is 4.90 Å². The van der Waals surface area contributed by atoms with Gasteiger partial charge in [0, 0.05) is 30.9 Å². The number of carbonyl (C=O) groups is 2. The number of aromatic nitrogens is 4. The molecule has 25 heavy (non-hydrogen) atoms. The SMILES string of the molecule is CCn1nnnc1-c1cccc(NC(=O)N2CCC(C)(C(=O)O)C2)c1. The van der Waals surface area contributed by atoms with Gasteiger partial charge in [-0.2, -0.15) is 0 Å². The number of aryl methyl sites for hydroxylation is 1. The first-order valence-electron chi connectivity index (χ1n) is 8.09. The Labute approximate surface area is 144 Å². The smallest absolute Gasteiger partial charge is 0.321 e. The molecule has 3 rings (SSSR count). The maximum Gasteiger partial charge on any atom is 0.321 e. The van der Waals surface area contributed by atoms with Gasteiger partial charge in [-0.05, 0) is 42.8 Å². The number of anilines is 1. The Morgan fingerprint density at radius 2 is 2.20 bits per heavy atom. The number of amides is 2. The van der Waals surface area contributed by atoms with Gasteiger partial charge in [0.2, 0.25) is 0 Å². The van der Waals surface area contributed by atoms with E-state index < -0.39 is 11.4 Å². The van der Waals surface area contributed by atoms with Crippen molar-refractivity contribution in [2.24, 2.45) is 5.41 Å². The van der Waals surface area contributed by atoms with Gasteiger partial charge in [-0.15, -0.1) is 5.10 Å². The lowest BCUT2D eigenvalue weighted by atomic mass is 9.90. The monoisotopic (exact) mass is 344 g/mol. The summed E-state index contributed by atoms with van der Waals surface area (Å²) in [5, 5.41) is 23.7. The van der Waals surface area contributed by atoms with Gasteiger partial charge in [0.25, 0.3) is 0 Å². The van der Waals surface area contributed by atoms with Crippen molar-refractivity contribution in [3.05, 3.63) is 24.3 Å². The first-order valence-corrected chi connectivity index (χ1v) is 8.09. The Morgan fingerprint density at radius 1 is 1.40 bits per heavy atom. The summed E-state index contributed by atoms with van der Waals surface area (Å²) in [4.78, 5) is 25.3. The fourth-order valence-electron chi connectivity index (χ4n) is 2.87. The molecule has 0 saturated carbocycles. The average molecular weight is 344 g/mol. The average Bonchev–Trinajstić information content (AvgIpc) is 3.22. The first-order chi connectivity index (χ1) is 11.9. The fourth-order valence-corrected chi connectivity index (χ4v) is 2.87. The van der Waals surface area contributed by atoms with Crippen molar-refractivity contribution in [2.45, 2.75) is 26.8 Å². The number of carboxylic acid groups (broad SMARTS) is 1. The second-order valence-electron chi connectivity index (χ2n) is 6.37. The van der Waals surface area contributed by atoms with Crippen LogP contribution < -0.4 is 5.32 Å². The highest BCUT2D eigenvalue weighted by atomic mass is 16.4. The normalized spacial score (nSPS) is 19.8. The molecule has 1 aromatic heterocycles. The number of tetrazole rings is 1. The van der Waals surface area contributed by atoms with Gasteiger partial charge in [0.1, 0.15) is 0 Å². The lowest BCUT2D eigenvalue weighted by Gasteiger charge is -2.20. The van der Waals surface area contributed by atoms with Crippen LogP contribution in [0.15, 0.2) is 24.3 Å². The van der Waals surface area contributed by atoms with Crippen molar-refractivity contribution in [3.8, 4) is 11.4 Å². The quantitative estimate of drug-likeness (QED) is 0.872. The van der Waals surface area contributed by atoms with E-state index >= 15 is 0 Å². The van der Waals surface area contributed by atoms with Crippen LogP contribution in [-0.2, 0) is 11.3 Å². The Hall–Kier alpha value is -2.97. The molecule has 0 aliphatic carbocycles. The summed E-state index contributed by atoms with van der Waals surface area (Å²) in [7, 11) is 0. The summed E-state index contributed by atoms with van der Waals surface area (Å²) in [5.74, 6) is -0.255. The van der Waals surface area contributed by atoms with E-state index in [-0.39, 0.29) is 12.6 Å². The molecule has 132 valence electrons. The molecular formula is C16H20N6O3. The number of hydrogen-bond donors (Lipinski definition) is 2. The number of likely N-dealkylation sites (tertiary alicyclic amines) is 1. The van der Waals surface area contributed by atoms with Gasteiger partial charge in [-0.25, -0.2) is 9.48 Å². The maximum absolute atomic E-state index is 12.4. The Kier molecular flexibility index (Phi) is 4.39. The minimum absolute atomic E-state index is 0.196. The number of urea groups is 1. The number of rotatable bonds is 4. The Morgan fingerprint density at radius 3 is 2.88 bits per heavy atom. The summed E-state index contributed by atoms with van der Waals surface area (Å²) in [6.45, 7) is 4.86. The Bertz CT molecular complexity index is 805. The molecule has 1 aliphatic rings. The topological polar surface area (TPSA) is 113 Å². The zero-order valence-electron chi connectivity index (χ0n) is 14.1. The largest absolute Gasteiger partial charge is 0.481 e. The molecule has 2 amide bonds. The minimum atomic E-state index is -0.887. The van der Waals surface area contributed by atoms with Crippen LogP contribution in [0.1, 0.15) is 20.3 Å². The highest BCUT2D eigenvalue weighted by molar-refractivity contribution is 5.91. The van der Waals surface area contributed by atoms with Crippen molar-refractivity contribution in [1.29, 1.82) is 0 Å². The summed E-state index contributed by atoms with van der Waals surface area (Å²) in [5.41, 5.74) is 0.515. The number of hydrogen-bond acceptors (Lipinski definition) is 5. The number of carboxylic acids is 1. The van der Waals surface area contributed by atoms with Gasteiger partial charge in [0.15, 0.2) is 5.82 Å². The molecule has 1 saturated heterocycles. The van der Waals surface area contributed by atoms with E-state index in [0.717, 1.165) is 5.56 Å². The van der Waals surface area contributed by atoms with Crippen LogP contribution in [0.2, 0.25) is 0 Å². The molecule has 0 radical (unpaired) electrons. The second-order valence-corrected chi connectivity index (χ2v) is 6.37. The molecule has 1 unspecified atom stereocenters. The fraction of sp³-hybridized carbons (Fsp3) is 0.438. The van der Waals surface area contributed by atoms with Crippen LogP contribution in [0.5, 0.6) is 0 Å². The van der Waals surface area contributed by atoms with E-state index in [1.54, 1.807) is 23.7 Å². The summed E-state index contributed by atoms with van der Waals surface area (Å²) in [6, 6.07) is 6.93. The molecule has 1 fully saturated rings. The van der Waals surface area contributed by atoms with E-state index in [9.17, 15) is 14.7 Å². The summed E-state index contributed by atoms with van der Waals surface area (Å²) < 4.78 is 1.67. The van der Waals surface area contributed by atoms with Crippen LogP contribution in [0, 0.1) is 5.41 Å². The van der Waals surface area contributed by atoms with Crippen molar-refractivity contribution in [2.75, 3.05) is 18.4 Å². The highest BCUT2D eigenvalue weighted by Gasteiger charge is 2.42. The summed E-state index contributed by atoms with van der Waals surface area (Å²) in [6.07, 6.45) is 0.446. The van der Waals surface area contributed by atoms with Gasteiger partial charge >= 0.3 is 12.0 Å². The predicted octanol–water partition coefficient (Wildman–Crippen LogP) is 1.69. The molecule has 2 N–H and O–H groups in total. The molecule has 2 aromatic rings. The Balaban J connectivity index is 1.73. The second kappa shape index (κ2) is 6.50. The van der Waals surface area contributed by atoms with Gasteiger partial charge in [0.05, 0.1) is 5.41 Å². The number of nitrogens with one attached hydrogen (secondary N) is 1. The van der Waals surface area contributed by atoms with E-state index in [0.29, 0.717) is 31.0 Å². The van der Waals surface area contributed by atoms with Crippen LogP contribution in [-0.4, -0.2) is 55.3 Å². The van der Waals surface area contributed by atoms with Crippen LogP contribution in [0.4, 0.5) is 10.5 Å². The third kappa shape index (κ3) is 3.30. The van der Waals surface area contributed by atoms with Crippen molar-refractivity contribution in [3.63, 3.8) is 0 Å². The first kappa shape index (κ1) is 16.9. The summed E-state index contributed by atoms with van der Waals surface area (Å²) >= 11 is 0. The van der Waals surface area contributed by atoms with Crippen LogP contribution >= 0.6 is 0 Å². The molecule has 1 aliphatic heterocycles. The third-order valence-electron chi connectivity index (χ3n) is 4.48. The molecule has 0 bridgehead atoms. The maximum atomic E-state index is 12.4. The molecular weight excluding hydrogens is 324 g/mol. The molecule has 1 aromatic carbocycles.